The smallest absolute Gasteiger partial charge is 0.159 e. The lowest BCUT2D eigenvalue weighted by molar-refractivity contribution is 0.123. The number of pyridine rings is 2. The maximum atomic E-state index is 5.47. The van der Waals surface area contributed by atoms with E-state index in [1.165, 1.54) is 0 Å². The van der Waals surface area contributed by atoms with Crippen molar-refractivity contribution in [3.63, 3.8) is 0 Å². The molecule has 6 heterocycles. The maximum absolute atomic E-state index is 5.47. The minimum Gasteiger partial charge on any atom is -0.378 e. The second-order valence-corrected chi connectivity index (χ2v) is 6.91. The second-order valence-electron chi connectivity index (χ2n) is 6.91. The molecule has 0 atom stereocenters. The van der Waals surface area contributed by atoms with E-state index in [-0.39, 0.29) is 0 Å². The minimum atomic E-state index is 0.693. The number of imidazole rings is 1. The zero-order chi connectivity index (χ0) is 19.2. The summed E-state index contributed by atoms with van der Waals surface area (Å²) < 4.78 is 5.47. The number of morpholine rings is 1. The Kier molecular flexibility index (Phi) is 3.56. The summed E-state index contributed by atoms with van der Waals surface area (Å²) in [6.07, 6.45) is 8.99. The fourth-order valence-corrected chi connectivity index (χ4v) is 3.71. The van der Waals surface area contributed by atoms with Crippen molar-refractivity contribution in [1.82, 2.24) is 40.3 Å². The number of hydrogen-bond donors (Lipinski definition) is 3. The van der Waals surface area contributed by atoms with Crippen LogP contribution in [0.2, 0.25) is 0 Å². The van der Waals surface area contributed by atoms with Gasteiger partial charge in [-0.3, -0.25) is 20.2 Å². The summed E-state index contributed by atoms with van der Waals surface area (Å²) in [5, 5.41) is 15.3. The molecule has 3 N–H and O–H groups in total. The molecule has 0 unspecified atom stereocenters. The van der Waals surface area contributed by atoms with Gasteiger partial charge < -0.3 is 14.6 Å². The van der Waals surface area contributed by atoms with Crippen LogP contribution in [0.15, 0.2) is 37.1 Å². The van der Waals surface area contributed by atoms with Crippen molar-refractivity contribution in [2.75, 3.05) is 31.2 Å². The molecule has 10 nitrogen and oxygen atoms in total. The van der Waals surface area contributed by atoms with Crippen LogP contribution in [0, 0.1) is 0 Å². The average Bonchev–Trinajstić information content (AvgIpc) is 3.52. The molecule has 5 aromatic rings. The van der Waals surface area contributed by atoms with Gasteiger partial charge in [-0.2, -0.15) is 10.2 Å². The Morgan fingerprint density at radius 2 is 1.97 bits per heavy atom. The molecule has 1 aliphatic heterocycles. The minimum absolute atomic E-state index is 0.693. The normalized spacial score (nSPS) is 14.8. The van der Waals surface area contributed by atoms with E-state index in [9.17, 15) is 0 Å². The molecule has 0 saturated carbocycles. The van der Waals surface area contributed by atoms with E-state index in [0.717, 1.165) is 57.7 Å². The highest BCUT2D eigenvalue weighted by Gasteiger charge is 2.19. The van der Waals surface area contributed by atoms with Crippen LogP contribution in [0.5, 0.6) is 0 Å². The lowest BCUT2D eigenvalue weighted by Gasteiger charge is -2.28. The first-order valence-electron chi connectivity index (χ1n) is 9.37. The Balaban J connectivity index is 1.48. The number of nitrogens with zero attached hydrogens (tertiary/aromatic N) is 6. The van der Waals surface area contributed by atoms with Crippen molar-refractivity contribution in [3.05, 3.63) is 37.1 Å². The summed E-state index contributed by atoms with van der Waals surface area (Å²) in [6.45, 7) is 3.07. The molecule has 10 heteroatoms. The summed E-state index contributed by atoms with van der Waals surface area (Å²) >= 11 is 0. The molecule has 144 valence electrons. The summed E-state index contributed by atoms with van der Waals surface area (Å²) in [6, 6.07) is 1.99. The van der Waals surface area contributed by atoms with Crippen LogP contribution in [0.3, 0.4) is 0 Å². The number of aromatic amines is 3. The zero-order valence-electron chi connectivity index (χ0n) is 15.4. The first-order valence-corrected chi connectivity index (χ1v) is 9.37. The van der Waals surface area contributed by atoms with E-state index < -0.39 is 0 Å². The number of ether oxygens (including phenoxy) is 1. The Bertz CT molecular complexity index is 1300. The van der Waals surface area contributed by atoms with Crippen molar-refractivity contribution in [3.8, 4) is 22.8 Å². The van der Waals surface area contributed by atoms with Crippen molar-refractivity contribution >= 4 is 27.6 Å². The number of nitrogens with one attached hydrogen (secondary N) is 3. The predicted octanol–water partition coefficient (Wildman–Crippen LogP) is 2.12. The molecule has 0 spiro atoms. The van der Waals surface area contributed by atoms with E-state index in [1.807, 2.05) is 18.5 Å². The number of aromatic nitrogens is 8. The molecular weight excluding hydrogens is 370 g/mol. The molecule has 0 radical (unpaired) electrons. The molecule has 6 rings (SSSR count). The van der Waals surface area contributed by atoms with Crippen LogP contribution in [-0.4, -0.2) is 66.6 Å². The van der Waals surface area contributed by atoms with E-state index >= 15 is 0 Å². The Morgan fingerprint density at radius 3 is 2.83 bits per heavy atom. The van der Waals surface area contributed by atoms with E-state index in [0.29, 0.717) is 19.0 Å². The van der Waals surface area contributed by atoms with E-state index in [1.54, 1.807) is 18.6 Å². The summed E-state index contributed by atoms with van der Waals surface area (Å²) in [4.78, 5) is 19.4. The SMILES string of the molecule is c1n[nH]cc1-c1cc2c(-c3nc4c(N5CCOCC5)cncc4[nH]3)n[nH]c2cn1. The maximum Gasteiger partial charge on any atom is 0.159 e. The van der Waals surface area contributed by atoms with Crippen LogP contribution in [0.25, 0.3) is 44.7 Å². The predicted molar refractivity (Wildman–Crippen MR) is 107 cm³/mol. The van der Waals surface area contributed by atoms with Gasteiger partial charge in [0.2, 0.25) is 0 Å². The van der Waals surface area contributed by atoms with Gasteiger partial charge in [-0.05, 0) is 6.07 Å². The Hall–Kier alpha value is -3.79. The third kappa shape index (κ3) is 2.64. The topological polar surface area (TPSA) is 124 Å². The van der Waals surface area contributed by atoms with Gasteiger partial charge in [-0.25, -0.2) is 4.98 Å². The zero-order valence-corrected chi connectivity index (χ0v) is 15.4. The van der Waals surface area contributed by atoms with Crippen LogP contribution in [-0.2, 0) is 4.74 Å². The van der Waals surface area contributed by atoms with Crippen molar-refractivity contribution < 1.29 is 4.74 Å². The molecule has 0 amide bonds. The number of hydrogen-bond acceptors (Lipinski definition) is 7. The third-order valence-corrected chi connectivity index (χ3v) is 5.19. The van der Waals surface area contributed by atoms with Gasteiger partial charge in [0.1, 0.15) is 11.2 Å². The standard InChI is InChI=1S/C19H17N9O/c1-3-29-4-2-28(1)16-10-20-8-15-18(16)25-19(24-15)17-12-5-13(11-6-22-23-7-11)21-9-14(12)26-27-17/h5-10H,1-4H2,(H,22,23)(H,24,25)(H,26,27). The largest absolute Gasteiger partial charge is 0.378 e. The number of anilines is 1. The second kappa shape index (κ2) is 6.38. The molecule has 1 fully saturated rings. The van der Waals surface area contributed by atoms with Crippen LogP contribution in [0.4, 0.5) is 5.69 Å². The van der Waals surface area contributed by atoms with Crippen LogP contribution >= 0.6 is 0 Å². The molecule has 0 aliphatic carbocycles. The molecule has 0 bridgehead atoms. The third-order valence-electron chi connectivity index (χ3n) is 5.19. The molecule has 1 saturated heterocycles. The van der Waals surface area contributed by atoms with Gasteiger partial charge >= 0.3 is 0 Å². The van der Waals surface area contributed by atoms with Crippen molar-refractivity contribution in [2.45, 2.75) is 0 Å². The van der Waals surface area contributed by atoms with E-state index in [4.69, 9.17) is 9.72 Å². The molecule has 0 aromatic carbocycles. The highest BCUT2D eigenvalue weighted by atomic mass is 16.5. The lowest BCUT2D eigenvalue weighted by atomic mass is 10.1. The van der Waals surface area contributed by atoms with Crippen LogP contribution in [0.1, 0.15) is 0 Å². The highest BCUT2D eigenvalue weighted by Crippen LogP contribution is 2.31. The van der Waals surface area contributed by atoms with Gasteiger partial charge in [-0.1, -0.05) is 0 Å². The average molecular weight is 387 g/mol. The van der Waals surface area contributed by atoms with Gasteiger partial charge in [0.05, 0.1) is 60.4 Å². The Labute approximate surface area is 164 Å². The number of H-pyrrole nitrogens is 3. The van der Waals surface area contributed by atoms with Gasteiger partial charge in [0, 0.05) is 30.2 Å². The van der Waals surface area contributed by atoms with Gasteiger partial charge in [-0.15, -0.1) is 0 Å². The first-order chi connectivity index (χ1) is 14.4. The first kappa shape index (κ1) is 16.2. The quantitative estimate of drug-likeness (QED) is 0.433. The summed E-state index contributed by atoms with van der Waals surface area (Å²) in [5.74, 6) is 0.693. The molecule has 1 aliphatic rings. The Morgan fingerprint density at radius 1 is 1.03 bits per heavy atom. The molecule has 5 aromatic heterocycles. The van der Waals surface area contributed by atoms with Gasteiger partial charge in [0.15, 0.2) is 5.82 Å². The van der Waals surface area contributed by atoms with Crippen LogP contribution < -0.4 is 4.90 Å². The van der Waals surface area contributed by atoms with Gasteiger partial charge in [0.25, 0.3) is 0 Å². The number of fused-ring (bicyclic) bond motifs is 2. The lowest BCUT2D eigenvalue weighted by Crippen LogP contribution is -2.36. The molecular formula is C19H17N9O. The van der Waals surface area contributed by atoms with E-state index in [2.05, 4.69) is 40.2 Å². The monoisotopic (exact) mass is 387 g/mol. The summed E-state index contributed by atoms with van der Waals surface area (Å²) in [7, 11) is 0. The highest BCUT2D eigenvalue weighted by molar-refractivity contribution is 5.96. The summed E-state index contributed by atoms with van der Waals surface area (Å²) in [5.41, 5.74) is 6.11. The van der Waals surface area contributed by atoms with Crippen molar-refractivity contribution in [1.29, 1.82) is 0 Å². The molecule has 29 heavy (non-hydrogen) atoms. The fraction of sp³-hybridized carbons (Fsp3) is 0.211. The van der Waals surface area contributed by atoms with Crippen molar-refractivity contribution in [2.24, 2.45) is 0 Å². The number of rotatable bonds is 3. The fourth-order valence-electron chi connectivity index (χ4n) is 3.71.